The van der Waals surface area contributed by atoms with Gasteiger partial charge in [-0.25, -0.2) is 9.97 Å². The second-order valence-electron chi connectivity index (χ2n) is 3.78. The minimum absolute atomic E-state index is 0.195. The predicted molar refractivity (Wildman–Crippen MR) is 65.1 cm³/mol. The third kappa shape index (κ3) is 3.07. The summed E-state index contributed by atoms with van der Waals surface area (Å²) < 4.78 is 1.94. The number of carbonyl (C=O) groups excluding carboxylic acids is 1. The van der Waals surface area contributed by atoms with Gasteiger partial charge in [0.1, 0.15) is 5.56 Å². The SMILES string of the molecule is O=C(NCCCn1ccnc1)c1cccnc1O. The molecular formula is C12H14N4O2. The normalized spacial score (nSPS) is 10.2. The second kappa shape index (κ2) is 5.81. The lowest BCUT2D eigenvalue weighted by atomic mass is 10.2. The summed E-state index contributed by atoms with van der Waals surface area (Å²) in [5.74, 6) is -0.559. The number of hydrogen-bond acceptors (Lipinski definition) is 4. The standard InChI is InChI=1S/C12H14N4O2/c17-11-10(3-1-4-14-11)12(18)15-5-2-7-16-8-6-13-9-16/h1,3-4,6,8-9H,2,5,7H2,(H,14,17)(H,15,18). The fourth-order valence-corrected chi connectivity index (χ4v) is 1.55. The van der Waals surface area contributed by atoms with Crippen LogP contribution in [0.5, 0.6) is 5.88 Å². The molecule has 0 atom stereocenters. The number of pyridine rings is 1. The third-order valence-corrected chi connectivity index (χ3v) is 2.47. The van der Waals surface area contributed by atoms with E-state index in [2.05, 4.69) is 15.3 Å². The number of amides is 1. The fraction of sp³-hybridized carbons (Fsp3) is 0.250. The van der Waals surface area contributed by atoms with Crippen molar-refractivity contribution in [2.45, 2.75) is 13.0 Å². The van der Waals surface area contributed by atoms with E-state index < -0.39 is 0 Å². The van der Waals surface area contributed by atoms with Gasteiger partial charge in [-0.1, -0.05) is 0 Å². The van der Waals surface area contributed by atoms with Crippen LogP contribution in [0.1, 0.15) is 16.8 Å². The molecule has 0 radical (unpaired) electrons. The van der Waals surface area contributed by atoms with Crippen molar-refractivity contribution in [1.82, 2.24) is 19.9 Å². The van der Waals surface area contributed by atoms with Gasteiger partial charge in [0.25, 0.3) is 5.91 Å². The van der Waals surface area contributed by atoms with Gasteiger partial charge in [-0.05, 0) is 18.6 Å². The molecule has 2 rings (SSSR count). The van der Waals surface area contributed by atoms with Gasteiger partial charge in [0.15, 0.2) is 0 Å². The Bertz CT molecular complexity index is 511. The Morgan fingerprint density at radius 1 is 1.44 bits per heavy atom. The van der Waals surface area contributed by atoms with Crippen LogP contribution in [0.2, 0.25) is 0 Å². The lowest BCUT2D eigenvalue weighted by Gasteiger charge is -2.06. The van der Waals surface area contributed by atoms with Gasteiger partial charge in [0.05, 0.1) is 6.33 Å². The molecule has 1 amide bonds. The largest absolute Gasteiger partial charge is 0.493 e. The highest BCUT2D eigenvalue weighted by atomic mass is 16.3. The van der Waals surface area contributed by atoms with Crippen molar-refractivity contribution < 1.29 is 9.90 Å². The zero-order valence-corrected chi connectivity index (χ0v) is 9.78. The molecule has 0 spiro atoms. The molecule has 2 N–H and O–H groups in total. The number of hydrogen-bond donors (Lipinski definition) is 2. The summed E-state index contributed by atoms with van der Waals surface area (Å²) in [5, 5.41) is 12.1. The maximum atomic E-state index is 11.7. The quantitative estimate of drug-likeness (QED) is 0.765. The second-order valence-corrected chi connectivity index (χ2v) is 3.78. The van der Waals surface area contributed by atoms with E-state index in [9.17, 15) is 9.90 Å². The summed E-state index contributed by atoms with van der Waals surface area (Å²) in [6, 6.07) is 3.15. The Hall–Kier alpha value is -2.37. The van der Waals surface area contributed by atoms with Crippen LogP contribution in [-0.2, 0) is 6.54 Å². The lowest BCUT2D eigenvalue weighted by Crippen LogP contribution is -2.25. The summed E-state index contributed by atoms with van der Waals surface area (Å²) in [6.07, 6.45) is 7.55. The zero-order chi connectivity index (χ0) is 12.8. The molecule has 0 aliphatic rings. The molecule has 2 aromatic heterocycles. The molecule has 2 aromatic rings. The number of rotatable bonds is 5. The topological polar surface area (TPSA) is 80.0 Å². The molecule has 94 valence electrons. The van der Waals surface area contributed by atoms with E-state index in [1.54, 1.807) is 18.6 Å². The maximum Gasteiger partial charge on any atom is 0.256 e. The first-order valence-corrected chi connectivity index (χ1v) is 5.65. The first-order chi connectivity index (χ1) is 8.77. The van der Waals surface area contributed by atoms with Gasteiger partial charge in [0, 0.05) is 31.7 Å². The Balaban J connectivity index is 1.77. The van der Waals surface area contributed by atoms with Crippen LogP contribution in [-0.4, -0.2) is 32.1 Å². The third-order valence-electron chi connectivity index (χ3n) is 2.47. The average molecular weight is 246 g/mol. The highest BCUT2D eigenvalue weighted by Gasteiger charge is 2.10. The average Bonchev–Trinajstić information content (AvgIpc) is 2.88. The molecule has 6 nitrogen and oxygen atoms in total. The summed E-state index contributed by atoms with van der Waals surface area (Å²) >= 11 is 0. The van der Waals surface area contributed by atoms with Gasteiger partial charge in [-0.15, -0.1) is 0 Å². The first kappa shape index (κ1) is 12.1. The van der Waals surface area contributed by atoms with Gasteiger partial charge in [-0.3, -0.25) is 4.79 Å². The molecule has 0 unspecified atom stereocenters. The van der Waals surface area contributed by atoms with E-state index in [1.807, 2.05) is 10.8 Å². The van der Waals surface area contributed by atoms with Crippen LogP contribution < -0.4 is 5.32 Å². The molecule has 0 fully saturated rings. The molecule has 18 heavy (non-hydrogen) atoms. The predicted octanol–water partition coefficient (Wildman–Crippen LogP) is 0.804. The first-order valence-electron chi connectivity index (χ1n) is 5.65. The Kier molecular flexibility index (Phi) is 3.90. The van der Waals surface area contributed by atoms with E-state index in [0.29, 0.717) is 6.54 Å². The number of aromatic hydroxyl groups is 1. The summed E-state index contributed by atoms with van der Waals surface area (Å²) in [5.41, 5.74) is 0.195. The van der Waals surface area contributed by atoms with E-state index in [1.165, 1.54) is 12.3 Å². The highest BCUT2D eigenvalue weighted by molar-refractivity contribution is 5.96. The van der Waals surface area contributed by atoms with E-state index in [0.717, 1.165) is 13.0 Å². The number of aryl methyl sites for hydroxylation is 1. The molecule has 6 heteroatoms. The Labute approximate surface area is 104 Å². The van der Waals surface area contributed by atoms with Crippen LogP contribution in [0, 0.1) is 0 Å². The Morgan fingerprint density at radius 3 is 3.06 bits per heavy atom. The van der Waals surface area contributed by atoms with Crippen molar-refractivity contribution in [2.24, 2.45) is 0 Å². The van der Waals surface area contributed by atoms with Crippen LogP contribution >= 0.6 is 0 Å². The van der Waals surface area contributed by atoms with Crippen LogP contribution in [0.15, 0.2) is 37.1 Å². The lowest BCUT2D eigenvalue weighted by molar-refractivity contribution is 0.0949. The van der Waals surface area contributed by atoms with E-state index in [-0.39, 0.29) is 17.4 Å². The van der Waals surface area contributed by atoms with Gasteiger partial charge in [0.2, 0.25) is 5.88 Å². The number of carbonyl (C=O) groups is 1. The molecule has 0 saturated carbocycles. The minimum Gasteiger partial charge on any atom is -0.493 e. The van der Waals surface area contributed by atoms with Crippen LogP contribution in [0.4, 0.5) is 0 Å². The molecule has 0 aliphatic heterocycles. The van der Waals surface area contributed by atoms with Crippen molar-refractivity contribution in [3.8, 4) is 5.88 Å². The molecule has 0 aromatic carbocycles. The molecular weight excluding hydrogens is 232 g/mol. The van der Waals surface area contributed by atoms with Crippen molar-refractivity contribution >= 4 is 5.91 Å². The van der Waals surface area contributed by atoms with Crippen molar-refractivity contribution in [2.75, 3.05) is 6.54 Å². The summed E-state index contributed by atoms with van der Waals surface area (Å²) in [7, 11) is 0. The van der Waals surface area contributed by atoms with Crippen molar-refractivity contribution in [1.29, 1.82) is 0 Å². The molecule has 2 heterocycles. The van der Waals surface area contributed by atoms with Crippen molar-refractivity contribution in [3.05, 3.63) is 42.6 Å². The van der Waals surface area contributed by atoms with Crippen LogP contribution in [0.3, 0.4) is 0 Å². The Morgan fingerprint density at radius 2 is 2.33 bits per heavy atom. The minimum atomic E-state index is -0.314. The fourth-order valence-electron chi connectivity index (χ4n) is 1.55. The number of nitrogens with one attached hydrogen (secondary N) is 1. The van der Waals surface area contributed by atoms with Gasteiger partial charge < -0.3 is 15.0 Å². The highest BCUT2D eigenvalue weighted by Crippen LogP contribution is 2.10. The van der Waals surface area contributed by atoms with Crippen LogP contribution in [0.25, 0.3) is 0 Å². The smallest absolute Gasteiger partial charge is 0.256 e. The number of nitrogens with zero attached hydrogens (tertiary/aromatic N) is 3. The monoisotopic (exact) mass is 246 g/mol. The van der Waals surface area contributed by atoms with E-state index >= 15 is 0 Å². The van der Waals surface area contributed by atoms with Gasteiger partial charge in [-0.2, -0.15) is 0 Å². The van der Waals surface area contributed by atoms with Gasteiger partial charge >= 0.3 is 0 Å². The summed E-state index contributed by atoms with van der Waals surface area (Å²) in [6.45, 7) is 1.32. The molecule has 0 saturated heterocycles. The molecule has 0 aliphatic carbocycles. The summed E-state index contributed by atoms with van der Waals surface area (Å²) in [4.78, 5) is 19.3. The maximum absolute atomic E-state index is 11.7. The van der Waals surface area contributed by atoms with Crippen molar-refractivity contribution in [3.63, 3.8) is 0 Å². The van der Waals surface area contributed by atoms with E-state index in [4.69, 9.17) is 0 Å². The zero-order valence-electron chi connectivity index (χ0n) is 9.78. The number of aromatic nitrogens is 3. The molecule has 0 bridgehead atoms. The number of imidazole rings is 1.